The average Bonchev–Trinajstić information content (AvgIpc) is 2.67. The molecule has 0 spiro atoms. The lowest BCUT2D eigenvalue weighted by Gasteiger charge is -2.41. The highest BCUT2D eigenvalue weighted by atomic mass is 35.5. The lowest BCUT2D eigenvalue weighted by molar-refractivity contribution is 0.293. The number of halogens is 1. The van der Waals surface area contributed by atoms with Crippen molar-refractivity contribution in [1.82, 2.24) is 15.2 Å². The molecule has 3 N–H and O–H groups in total. The van der Waals surface area contributed by atoms with Crippen LogP contribution in [-0.2, 0) is 5.41 Å². The number of anilines is 1. The van der Waals surface area contributed by atoms with Crippen molar-refractivity contribution in [2.24, 2.45) is 0 Å². The van der Waals surface area contributed by atoms with Crippen LogP contribution in [0.25, 0.3) is 0 Å². The van der Waals surface area contributed by atoms with Crippen molar-refractivity contribution in [3.05, 3.63) is 40.8 Å². The van der Waals surface area contributed by atoms with E-state index in [0.29, 0.717) is 5.82 Å². The Labute approximate surface area is 104 Å². The maximum absolute atomic E-state index is 6.27. The Morgan fingerprint density at radius 2 is 2.24 bits per heavy atom. The molecule has 0 saturated heterocycles. The molecule has 4 nitrogen and oxygen atoms in total. The summed E-state index contributed by atoms with van der Waals surface area (Å²) in [7, 11) is 0. The van der Waals surface area contributed by atoms with E-state index in [0.717, 1.165) is 29.1 Å². The van der Waals surface area contributed by atoms with Crippen molar-refractivity contribution in [1.29, 1.82) is 0 Å². The summed E-state index contributed by atoms with van der Waals surface area (Å²) in [5, 5.41) is 7.78. The Bertz CT molecular complexity index is 545. The monoisotopic (exact) mass is 248 g/mol. The normalized spacial score (nSPS) is 17.7. The van der Waals surface area contributed by atoms with Gasteiger partial charge >= 0.3 is 0 Å². The van der Waals surface area contributed by atoms with E-state index in [-0.39, 0.29) is 5.41 Å². The van der Waals surface area contributed by atoms with Crippen LogP contribution in [0.3, 0.4) is 0 Å². The molecule has 5 heteroatoms. The highest BCUT2D eigenvalue weighted by Crippen LogP contribution is 2.50. The van der Waals surface area contributed by atoms with Gasteiger partial charge in [-0.3, -0.25) is 10.1 Å². The number of hydrogen-bond donors (Lipinski definition) is 2. The molecule has 2 aromatic heterocycles. The third-order valence-electron chi connectivity index (χ3n) is 3.60. The SMILES string of the molecule is Nc1cc(C2(c3cnccc3Cl)CCC2)[nH]n1. The zero-order valence-corrected chi connectivity index (χ0v) is 10.0. The van der Waals surface area contributed by atoms with Crippen LogP contribution in [0.15, 0.2) is 24.5 Å². The van der Waals surface area contributed by atoms with Gasteiger partial charge in [-0.2, -0.15) is 5.10 Å². The van der Waals surface area contributed by atoms with Gasteiger partial charge in [0, 0.05) is 40.2 Å². The predicted molar refractivity (Wildman–Crippen MR) is 66.9 cm³/mol. The summed E-state index contributed by atoms with van der Waals surface area (Å²) in [5.74, 6) is 0.520. The smallest absolute Gasteiger partial charge is 0.145 e. The largest absolute Gasteiger partial charge is 0.382 e. The Morgan fingerprint density at radius 1 is 1.41 bits per heavy atom. The second kappa shape index (κ2) is 3.74. The first-order valence-corrected chi connectivity index (χ1v) is 6.01. The van der Waals surface area contributed by atoms with E-state index in [2.05, 4.69) is 15.2 Å². The van der Waals surface area contributed by atoms with Crippen molar-refractivity contribution in [2.75, 3.05) is 5.73 Å². The third kappa shape index (κ3) is 1.52. The lowest BCUT2D eigenvalue weighted by Crippen LogP contribution is -2.36. The Morgan fingerprint density at radius 3 is 2.76 bits per heavy atom. The predicted octanol–water partition coefficient (Wildman–Crippen LogP) is 2.51. The summed E-state index contributed by atoms with van der Waals surface area (Å²) in [5.41, 5.74) is 7.71. The lowest BCUT2D eigenvalue weighted by atomic mass is 9.63. The number of aromatic nitrogens is 3. The Hall–Kier alpha value is -1.55. The van der Waals surface area contributed by atoms with E-state index >= 15 is 0 Å². The van der Waals surface area contributed by atoms with Gasteiger partial charge in [0.25, 0.3) is 0 Å². The van der Waals surface area contributed by atoms with Crippen molar-refractivity contribution < 1.29 is 0 Å². The topological polar surface area (TPSA) is 67.6 Å². The van der Waals surface area contributed by atoms with Crippen LogP contribution < -0.4 is 5.73 Å². The first kappa shape index (κ1) is 10.6. The van der Waals surface area contributed by atoms with Crippen LogP contribution >= 0.6 is 11.6 Å². The van der Waals surface area contributed by atoms with Crippen LogP contribution in [0.5, 0.6) is 0 Å². The van der Waals surface area contributed by atoms with Gasteiger partial charge in [-0.1, -0.05) is 18.0 Å². The molecule has 0 aromatic carbocycles. The quantitative estimate of drug-likeness (QED) is 0.858. The first-order chi connectivity index (χ1) is 8.22. The molecule has 2 heterocycles. The van der Waals surface area contributed by atoms with Gasteiger partial charge in [0.2, 0.25) is 0 Å². The van der Waals surface area contributed by atoms with E-state index in [9.17, 15) is 0 Å². The molecule has 3 rings (SSSR count). The van der Waals surface area contributed by atoms with Crippen LogP contribution in [0.1, 0.15) is 30.5 Å². The number of pyridine rings is 1. The van der Waals surface area contributed by atoms with Crippen LogP contribution in [-0.4, -0.2) is 15.2 Å². The van der Waals surface area contributed by atoms with Crippen molar-refractivity contribution in [2.45, 2.75) is 24.7 Å². The van der Waals surface area contributed by atoms with Gasteiger partial charge < -0.3 is 5.73 Å². The number of H-pyrrole nitrogens is 1. The fraction of sp³-hybridized carbons (Fsp3) is 0.333. The van der Waals surface area contributed by atoms with Gasteiger partial charge in [-0.15, -0.1) is 0 Å². The molecule has 0 bridgehead atoms. The molecular formula is C12H13ClN4. The number of nitrogens with one attached hydrogen (secondary N) is 1. The van der Waals surface area contributed by atoms with Crippen LogP contribution in [0.2, 0.25) is 5.02 Å². The van der Waals surface area contributed by atoms with E-state index in [1.807, 2.05) is 18.3 Å². The molecule has 1 fully saturated rings. The van der Waals surface area contributed by atoms with E-state index in [1.54, 1.807) is 6.20 Å². The summed E-state index contributed by atoms with van der Waals surface area (Å²) in [4.78, 5) is 4.18. The number of hydrogen-bond acceptors (Lipinski definition) is 3. The molecule has 0 radical (unpaired) electrons. The molecule has 0 aliphatic heterocycles. The molecule has 1 aliphatic carbocycles. The number of nitrogens with two attached hydrogens (primary N) is 1. The Kier molecular flexibility index (Phi) is 2.33. The molecule has 0 atom stereocenters. The minimum absolute atomic E-state index is 0.0734. The molecule has 17 heavy (non-hydrogen) atoms. The zero-order valence-electron chi connectivity index (χ0n) is 9.28. The van der Waals surface area contributed by atoms with Crippen molar-refractivity contribution in [3.63, 3.8) is 0 Å². The third-order valence-corrected chi connectivity index (χ3v) is 3.93. The molecule has 88 valence electrons. The molecule has 1 saturated carbocycles. The highest BCUT2D eigenvalue weighted by molar-refractivity contribution is 6.31. The summed E-state index contributed by atoms with van der Waals surface area (Å²) in [6.07, 6.45) is 6.85. The fourth-order valence-corrected chi connectivity index (χ4v) is 2.81. The highest BCUT2D eigenvalue weighted by Gasteiger charge is 2.43. The Balaban J connectivity index is 2.12. The molecule has 0 amide bonds. The average molecular weight is 249 g/mol. The van der Waals surface area contributed by atoms with Gasteiger partial charge in [0.1, 0.15) is 5.82 Å². The second-order valence-electron chi connectivity index (χ2n) is 4.50. The number of aromatic amines is 1. The van der Waals surface area contributed by atoms with Gasteiger partial charge in [-0.25, -0.2) is 0 Å². The van der Waals surface area contributed by atoms with E-state index in [1.165, 1.54) is 6.42 Å². The maximum atomic E-state index is 6.27. The fourth-order valence-electron chi connectivity index (χ4n) is 2.53. The summed E-state index contributed by atoms with van der Waals surface area (Å²) < 4.78 is 0. The summed E-state index contributed by atoms with van der Waals surface area (Å²) in [6.45, 7) is 0. The maximum Gasteiger partial charge on any atom is 0.145 e. The first-order valence-electron chi connectivity index (χ1n) is 5.64. The molecule has 1 aliphatic rings. The standard InChI is InChI=1S/C12H13ClN4/c13-9-2-5-15-7-8(9)12(3-1-4-12)10-6-11(14)17-16-10/h2,5-7H,1,3-4H2,(H3,14,16,17). The molecular weight excluding hydrogens is 236 g/mol. The van der Waals surface area contributed by atoms with Crippen molar-refractivity contribution >= 4 is 17.4 Å². The number of nitrogen functional groups attached to an aromatic ring is 1. The van der Waals surface area contributed by atoms with E-state index < -0.39 is 0 Å². The van der Waals surface area contributed by atoms with Crippen LogP contribution in [0.4, 0.5) is 5.82 Å². The zero-order chi connectivity index (χ0) is 11.9. The van der Waals surface area contributed by atoms with Gasteiger partial charge in [0.05, 0.1) is 0 Å². The molecule has 0 unspecified atom stereocenters. The van der Waals surface area contributed by atoms with E-state index in [4.69, 9.17) is 17.3 Å². The minimum atomic E-state index is -0.0734. The second-order valence-corrected chi connectivity index (χ2v) is 4.90. The number of rotatable bonds is 2. The van der Waals surface area contributed by atoms with Gasteiger partial charge in [0.15, 0.2) is 0 Å². The molecule has 2 aromatic rings. The summed E-state index contributed by atoms with van der Waals surface area (Å²) in [6, 6.07) is 3.72. The number of nitrogens with zero attached hydrogens (tertiary/aromatic N) is 2. The van der Waals surface area contributed by atoms with Gasteiger partial charge in [-0.05, 0) is 18.9 Å². The summed E-state index contributed by atoms with van der Waals surface area (Å²) >= 11 is 6.27. The van der Waals surface area contributed by atoms with Crippen LogP contribution in [0, 0.1) is 0 Å². The van der Waals surface area contributed by atoms with Crippen molar-refractivity contribution in [3.8, 4) is 0 Å². The minimum Gasteiger partial charge on any atom is -0.382 e.